The molecule has 0 aromatic heterocycles. The number of hydrogen-bond donors (Lipinski definition) is 0. The first-order valence-corrected chi connectivity index (χ1v) is 4.27. The molecule has 0 bridgehead atoms. The molecule has 12 heavy (non-hydrogen) atoms. The summed E-state index contributed by atoms with van der Waals surface area (Å²) in [5.41, 5.74) is -0.711. The van der Waals surface area contributed by atoms with Crippen LogP contribution in [0.25, 0.3) is 0 Å². The Balaban J connectivity index is 2.91. The molecule has 5 heteroatoms. The van der Waals surface area contributed by atoms with Gasteiger partial charge in [-0.2, -0.15) is 13.2 Å². The van der Waals surface area contributed by atoms with Crippen LogP contribution in [-0.2, 0) is 0 Å². The van der Waals surface area contributed by atoms with Crippen LogP contribution >= 0.6 is 27.5 Å². The number of allylic oxidation sites excluding steroid dienone is 4. The van der Waals surface area contributed by atoms with Crippen molar-refractivity contribution in [3.8, 4) is 0 Å². The summed E-state index contributed by atoms with van der Waals surface area (Å²) in [6, 6.07) is 0. The Morgan fingerprint density at radius 1 is 1.42 bits per heavy atom. The predicted molar refractivity (Wildman–Crippen MR) is 45.1 cm³/mol. The van der Waals surface area contributed by atoms with E-state index in [1.807, 2.05) is 0 Å². The molecule has 1 atom stereocenters. The third-order valence-corrected chi connectivity index (χ3v) is 2.02. The van der Waals surface area contributed by atoms with Gasteiger partial charge in [0.2, 0.25) is 0 Å². The topological polar surface area (TPSA) is 0 Å². The smallest absolute Gasteiger partial charge is 0.166 e. The van der Waals surface area contributed by atoms with Crippen LogP contribution in [0.15, 0.2) is 22.2 Å². The van der Waals surface area contributed by atoms with Gasteiger partial charge >= 0.3 is 6.18 Å². The van der Waals surface area contributed by atoms with Crippen molar-refractivity contribution in [2.24, 2.45) is 0 Å². The van der Waals surface area contributed by atoms with Crippen LogP contribution in [0.3, 0.4) is 0 Å². The van der Waals surface area contributed by atoms with Crippen LogP contribution in [0.2, 0.25) is 0 Å². The van der Waals surface area contributed by atoms with Crippen LogP contribution in [0.5, 0.6) is 0 Å². The monoisotopic (exact) mass is 259 g/mol. The minimum absolute atomic E-state index is 0.359. The molecule has 67 valence electrons. The summed E-state index contributed by atoms with van der Waals surface area (Å²) in [5.74, 6) is 0. The molecule has 0 aliphatic heterocycles. The first-order valence-electron chi connectivity index (χ1n) is 3.05. The van der Waals surface area contributed by atoms with Crippen molar-refractivity contribution in [2.45, 2.75) is 11.6 Å². The van der Waals surface area contributed by atoms with Gasteiger partial charge in [-0.25, -0.2) is 0 Å². The lowest BCUT2D eigenvalue weighted by Crippen LogP contribution is -2.15. The zero-order valence-electron chi connectivity index (χ0n) is 5.70. The van der Waals surface area contributed by atoms with Crippen molar-refractivity contribution >= 4 is 27.5 Å². The second-order valence-electron chi connectivity index (χ2n) is 2.26. The van der Waals surface area contributed by atoms with Crippen molar-refractivity contribution in [3.05, 3.63) is 28.6 Å². The third-order valence-electron chi connectivity index (χ3n) is 1.28. The Morgan fingerprint density at radius 3 is 2.42 bits per heavy atom. The van der Waals surface area contributed by atoms with Crippen molar-refractivity contribution in [1.29, 1.82) is 0 Å². The number of rotatable bonds is 0. The first-order chi connectivity index (χ1) is 5.39. The van der Waals surface area contributed by atoms with E-state index in [2.05, 4.69) is 15.9 Å². The molecule has 0 spiro atoms. The van der Waals surface area contributed by atoms with E-state index in [4.69, 9.17) is 11.6 Å². The lowest BCUT2D eigenvalue weighted by atomic mass is 10.1. The van der Waals surface area contributed by atoms with E-state index in [1.54, 1.807) is 0 Å². The summed E-state index contributed by atoms with van der Waals surface area (Å²) in [6.45, 7) is 0. The average Bonchev–Trinajstić information content (AvgIpc) is 1.82. The van der Waals surface area contributed by atoms with Gasteiger partial charge in [0.05, 0.1) is 11.0 Å². The van der Waals surface area contributed by atoms with Crippen molar-refractivity contribution in [2.75, 3.05) is 0 Å². The van der Waals surface area contributed by atoms with Gasteiger partial charge in [0.25, 0.3) is 0 Å². The molecule has 0 fully saturated rings. The lowest BCUT2D eigenvalue weighted by Gasteiger charge is -2.15. The fraction of sp³-hybridized carbons (Fsp3) is 0.286. The Hall–Kier alpha value is 0.0400. The molecule has 0 nitrogen and oxygen atoms in total. The maximum atomic E-state index is 12.1. The molecule has 0 saturated carbocycles. The van der Waals surface area contributed by atoms with E-state index in [0.29, 0.717) is 4.48 Å². The maximum Gasteiger partial charge on any atom is 0.416 e. The van der Waals surface area contributed by atoms with Crippen molar-refractivity contribution < 1.29 is 13.2 Å². The lowest BCUT2D eigenvalue weighted by molar-refractivity contribution is -0.0885. The average molecular weight is 260 g/mol. The van der Waals surface area contributed by atoms with E-state index in [9.17, 15) is 13.2 Å². The Kier molecular flexibility index (Phi) is 2.88. The molecule has 1 rings (SSSR count). The second-order valence-corrected chi connectivity index (χ2v) is 3.68. The van der Waals surface area contributed by atoms with Gasteiger partial charge in [0.15, 0.2) is 0 Å². The Morgan fingerprint density at radius 2 is 2.00 bits per heavy atom. The standard InChI is InChI=1S/C7H4BrClF3/c8-5-1-4(7(10,11)12)2-6(9)3-5/h1-3,6H. The van der Waals surface area contributed by atoms with Gasteiger partial charge in [-0.1, -0.05) is 22.0 Å². The number of alkyl halides is 4. The number of halogens is 5. The highest BCUT2D eigenvalue weighted by Crippen LogP contribution is 2.34. The summed E-state index contributed by atoms with van der Waals surface area (Å²) < 4.78 is 36.6. The quantitative estimate of drug-likeness (QED) is 0.584. The zero-order chi connectivity index (χ0) is 9.35. The Bertz CT molecular complexity index is 242. The van der Waals surface area contributed by atoms with Gasteiger partial charge in [-0.3, -0.25) is 0 Å². The van der Waals surface area contributed by atoms with Crippen LogP contribution in [0.1, 0.15) is 0 Å². The van der Waals surface area contributed by atoms with Crippen molar-refractivity contribution in [1.82, 2.24) is 0 Å². The Labute approximate surface area is 81.2 Å². The van der Waals surface area contributed by atoms with Crippen molar-refractivity contribution in [3.63, 3.8) is 0 Å². The minimum atomic E-state index is -4.32. The minimum Gasteiger partial charge on any atom is -0.166 e. The molecule has 0 amide bonds. The molecular weight excluding hydrogens is 256 g/mol. The number of hydrogen-bond acceptors (Lipinski definition) is 0. The normalized spacial score (nSPS) is 24.9. The van der Waals surface area contributed by atoms with Crippen LogP contribution < -0.4 is 0 Å². The summed E-state index contributed by atoms with van der Waals surface area (Å²) in [7, 11) is 0. The molecule has 0 N–H and O–H groups in total. The molecule has 1 aliphatic rings. The van der Waals surface area contributed by atoms with Gasteiger partial charge < -0.3 is 0 Å². The summed E-state index contributed by atoms with van der Waals surface area (Å²) in [6.07, 6.45) is -0.873. The molecule has 0 aromatic rings. The molecule has 1 radical (unpaired) electrons. The molecule has 1 unspecified atom stereocenters. The van der Waals surface area contributed by atoms with E-state index in [1.165, 1.54) is 6.42 Å². The summed E-state index contributed by atoms with van der Waals surface area (Å²) in [5, 5.41) is -0.694. The summed E-state index contributed by atoms with van der Waals surface area (Å²) >= 11 is 8.45. The van der Waals surface area contributed by atoms with E-state index < -0.39 is 17.1 Å². The summed E-state index contributed by atoms with van der Waals surface area (Å²) in [4.78, 5) is 0. The third kappa shape index (κ3) is 2.52. The SMILES string of the molecule is FC(F)(F)C1=CC(Cl)[CH]C(Br)=C1. The highest BCUT2D eigenvalue weighted by molar-refractivity contribution is 9.11. The highest BCUT2D eigenvalue weighted by atomic mass is 79.9. The second kappa shape index (κ2) is 3.42. The molecule has 0 saturated heterocycles. The molecular formula is C7H4BrClF3. The zero-order valence-corrected chi connectivity index (χ0v) is 8.04. The van der Waals surface area contributed by atoms with Gasteiger partial charge in [0.1, 0.15) is 0 Å². The van der Waals surface area contributed by atoms with Gasteiger partial charge in [-0.05, 0) is 6.08 Å². The van der Waals surface area contributed by atoms with Gasteiger partial charge in [-0.15, -0.1) is 11.6 Å². The first kappa shape index (κ1) is 10.1. The molecule has 1 aliphatic carbocycles. The fourth-order valence-electron chi connectivity index (χ4n) is 0.793. The molecule has 0 heterocycles. The van der Waals surface area contributed by atoms with Gasteiger partial charge in [0, 0.05) is 10.9 Å². The fourth-order valence-corrected chi connectivity index (χ4v) is 1.75. The van der Waals surface area contributed by atoms with Crippen LogP contribution in [0.4, 0.5) is 13.2 Å². The van der Waals surface area contributed by atoms with Crippen LogP contribution in [-0.4, -0.2) is 11.6 Å². The van der Waals surface area contributed by atoms with E-state index >= 15 is 0 Å². The predicted octanol–water partition coefficient (Wildman–Crippen LogP) is 3.58. The highest BCUT2D eigenvalue weighted by Gasteiger charge is 2.34. The van der Waals surface area contributed by atoms with Crippen LogP contribution in [0, 0.1) is 6.42 Å². The largest absolute Gasteiger partial charge is 0.416 e. The molecule has 0 aromatic carbocycles. The van der Waals surface area contributed by atoms with E-state index in [0.717, 1.165) is 12.2 Å². The van der Waals surface area contributed by atoms with E-state index in [-0.39, 0.29) is 0 Å². The maximum absolute atomic E-state index is 12.1.